The maximum Gasteiger partial charge on any atom is 0.196 e. The molecule has 2 aromatic heterocycles. The number of hydrogen-bond acceptors (Lipinski definition) is 2. The fourth-order valence-corrected chi connectivity index (χ4v) is 2.57. The van der Waals surface area contributed by atoms with E-state index < -0.39 is 5.82 Å². The van der Waals surface area contributed by atoms with Gasteiger partial charge in [0.25, 0.3) is 0 Å². The van der Waals surface area contributed by atoms with Crippen LogP contribution in [0.4, 0.5) is 4.39 Å². The highest BCUT2D eigenvalue weighted by Crippen LogP contribution is 2.26. The van der Waals surface area contributed by atoms with Gasteiger partial charge in [-0.25, -0.2) is 9.37 Å². The number of pyridine rings is 1. The fraction of sp³-hybridized carbons (Fsp3) is 0. The Kier molecular flexibility index (Phi) is 3.31. The number of benzene rings is 1. The zero-order chi connectivity index (χ0) is 14.3. The van der Waals surface area contributed by atoms with Gasteiger partial charge < -0.3 is 4.98 Å². The van der Waals surface area contributed by atoms with Crippen molar-refractivity contribution in [2.24, 2.45) is 0 Å². The number of carbonyl (C=O) groups is 1. The molecule has 3 rings (SSSR count). The third kappa shape index (κ3) is 2.23. The quantitative estimate of drug-likeness (QED) is 0.696. The van der Waals surface area contributed by atoms with Gasteiger partial charge in [-0.2, -0.15) is 0 Å². The summed E-state index contributed by atoms with van der Waals surface area (Å²) in [6.07, 6.45) is 3.21. The molecule has 3 nitrogen and oxygen atoms in total. The molecule has 0 saturated carbocycles. The van der Waals surface area contributed by atoms with Crippen molar-refractivity contribution in [1.82, 2.24) is 9.97 Å². The van der Waals surface area contributed by atoms with Crippen LogP contribution < -0.4 is 0 Å². The molecular weight excluding hydrogens is 347 g/mol. The molecule has 0 spiro atoms. The van der Waals surface area contributed by atoms with Crippen molar-refractivity contribution < 1.29 is 9.18 Å². The average Bonchev–Trinajstić information content (AvgIpc) is 2.81. The number of aromatic amines is 1. The molecule has 0 aliphatic heterocycles. The van der Waals surface area contributed by atoms with E-state index >= 15 is 0 Å². The van der Waals surface area contributed by atoms with Crippen LogP contribution in [-0.4, -0.2) is 15.8 Å². The Hall–Kier alpha value is -1.72. The molecule has 0 saturated heterocycles. The van der Waals surface area contributed by atoms with Gasteiger partial charge in [0, 0.05) is 33.4 Å². The second-order valence-corrected chi connectivity index (χ2v) is 5.53. The van der Waals surface area contributed by atoms with E-state index in [-0.39, 0.29) is 16.4 Å². The molecule has 0 radical (unpaired) electrons. The molecular formula is C14H7BrClFN2O. The third-order valence-corrected chi connectivity index (χ3v) is 3.66. The van der Waals surface area contributed by atoms with Crippen LogP contribution in [-0.2, 0) is 0 Å². The third-order valence-electron chi connectivity index (χ3n) is 2.92. The second-order valence-electron chi connectivity index (χ2n) is 4.21. The summed E-state index contributed by atoms with van der Waals surface area (Å²) >= 11 is 9.25. The van der Waals surface area contributed by atoms with Gasteiger partial charge in [0.2, 0.25) is 0 Å². The van der Waals surface area contributed by atoms with Gasteiger partial charge in [-0.15, -0.1) is 0 Å². The van der Waals surface area contributed by atoms with Crippen molar-refractivity contribution >= 4 is 44.3 Å². The van der Waals surface area contributed by atoms with Crippen molar-refractivity contribution in [1.29, 1.82) is 0 Å². The zero-order valence-corrected chi connectivity index (χ0v) is 12.3. The summed E-state index contributed by atoms with van der Waals surface area (Å²) in [4.78, 5) is 19.6. The van der Waals surface area contributed by atoms with Crippen LogP contribution in [0.25, 0.3) is 11.0 Å². The van der Waals surface area contributed by atoms with Crippen molar-refractivity contribution in [2.75, 3.05) is 0 Å². The highest BCUT2D eigenvalue weighted by atomic mass is 79.9. The van der Waals surface area contributed by atoms with Gasteiger partial charge in [-0.1, -0.05) is 11.6 Å². The van der Waals surface area contributed by atoms with Crippen LogP contribution >= 0.6 is 27.5 Å². The van der Waals surface area contributed by atoms with E-state index in [1.807, 2.05) is 0 Å². The molecule has 0 fully saturated rings. The highest BCUT2D eigenvalue weighted by molar-refractivity contribution is 9.10. The summed E-state index contributed by atoms with van der Waals surface area (Å²) < 4.78 is 13.8. The standard InChI is InChI=1S/C14H7BrClFN2O/c15-7-3-10-11(6-19-14(10)18-5-7)13(20)9-2-1-8(17)4-12(9)16/h1-6H,(H,18,19). The Labute approximate surface area is 126 Å². The van der Waals surface area contributed by atoms with Gasteiger partial charge in [-0.05, 0) is 40.2 Å². The number of hydrogen-bond donors (Lipinski definition) is 1. The summed E-state index contributed by atoms with van der Waals surface area (Å²) in [5.74, 6) is -0.754. The first kappa shape index (κ1) is 13.3. The molecule has 0 aliphatic carbocycles. The SMILES string of the molecule is O=C(c1ccc(F)cc1Cl)c1c[nH]c2ncc(Br)cc12. The molecule has 3 aromatic rings. The van der Waals surface area contributed by atoms with Gasteiger partial charge in [0.15, 0.2) is 5.78 Å². The topological polar surface area (TPSA) is 45.8 Å². The van der Waals surface area contributed by atoms with E-state index in [0.29, 0.717) is 16.6 Å². The normalized spacial score (nSPS) is 10.9. The minimum atomic E-state index is -0.477. The Morgan fingerprint density at radius 2 is 2.10 bits per heavy atom. The van der Waals surface area contributed by atoms with Crippen molar-refractivity contribution in [3.05, 3.63) is 63.1 Å². The van der Waals surface area contributed by atoms with Crippen LogP contribution in [0.1, 0.15) is 15.9 Å². The lowest BCUT2D eigenvalue weighted by Gasteiger charge is -2.03. The number of rotatable bonds is 2. The van der Waals surface area contributed by atoms with Gasteiger partial charge in [0.05, 0.1) is 5.02 Å². The predicted molar refractivity (Wildman–Crippen MR) is 78.6 cm³/mol. The largest absolute Gasteiger partial charge is 0.345 e. The number of halogens is 3. The molecule has 1 aromatic carbocycles. The van der Waals surface area contributed by atoms with E-state index in [9.17, 15) is 9.18 Å². The van der Waals surface area contributed by atoms with E-state index in [0.717, 1.165) is 10.5 Å². The van der Waals surface area contributed by atoms with Crippen LogP contribution in [0.3, 0.4) is 0 Å². The smallest absolute Gasteiger partial charge is 0.196 e. The van der Waals surface area contributed by atoms with E-state index in [1.165, 1.54) is 12.1 Å². The van der Waals surface area contributed by atoms with Gasteiger partial charge in [-0.3, -0.25) is 4.79 Å². The number of aromatic nitrogens is 2. The lowest BCUT2D eigenvalue weighted by molar-refractivity contribution is 0.104. The lowest BCUT2D eigenvalue weighted by atomic mass is 10.0. The first-order valence-corrected chi connectivity index (χ1v) is 6.86. The number of nitrogens with one attached hydrogen (secondary N) is 1. The lowest BCUT2D eigenvalue weighted by Crippen LogP contribution is -2.01. The van der Waals surface area contributed by atoms with E-state index in [1.54, 1.807) is 18.5 Å². The number of H-pyrrole nitrogens is 1. The van der Waals surface area contributed by atoms with E-state index in [2.05, 4.69) is 25.9 Å². The molecule has 0 amide bonds. The molecule has 0 bridgehead atoms. The van der Waals surface area contributed by atoms with Crippen molar-refractivity contribution in [3.63, 3.8) is 0 Å². The summed E-state index contributed by atoms with van der Waals surface area (Å²) in [5, 5.41) is 0.775. The minimum absolute atomic E-state index is 0.0901. The summed E-state index contributed by atoms with van der Waals surface area (Å²) in [7, 11) is 0. The molecule has 100 valence electrons. The highest BCUT2D eigenvalue weighted by Gasteiger charge is 2.17. The Balaban J connectivity index is 2.15. The Morgan fingerprint density at radius 3 is 2.85 bits per heavy atom. The van der Waals surface area contributed by atoms with E-state index in [4.69, 9.17) is 11.6 Å². The number of nitrogens with zero attached hydrogens (tertiary/aromatic N) is 1. The van der Waals surface area contributed by atoms with Crippen LogP contribution in [0.2, 0.25) is 5.02 Å². The molecule has 1 N–H and O–H groups in total. The second kappa shape index (κ2) is 5.00. The predicted octanol–water partition coefficient (Wildman–Crippen LogP) is 4.35. The maximum atomic E-state index is 13.0. The first-order chi connectivity index (χ1) is 9.56. The number of carbonyl (C=O) groups excluding carboxylic acids is 1. The monoisotopic (exact) mass is 352 g/mol. The molecule has 6 heteroatoms. The minimum Gasteiger partial charge on any atom is -0.345 e. The Morgan fingerprint density at radius 1 is 1.30 bits per heavy atom. The fourth-order valence-electron chi connectivity index (χ4n) is 1.98. The molecule has 20 heavy (non-hydrogen) atoms. The van der Waals surface area contributed by atoms with Gasteiger partial charge in [0.1, 0.15) is 11.5 Å². The summed E-state index contributed by atoms with van der Waals surface area (Å²) in [6.45, 7) is 0. The van der Waals surface area contributed by atoms with Crippen LogP contribution in [0, 0.1) is 5.82 Å². The first-order valence-electron chi connectivity index (χ1n) is 5.68. The van der Waals surface area contributed by atoms with Crippen LogP contribution in [0.15, 0.2) is 41.1 Å². The Bertz CT molecular complexity index is 831. The molecule has 0 atom stereocenters. The number of fused-ring (bicyclic) bond motifs is 1. The maximum absolute atomic E-state index is 13.0. The average molecular weight is 354 g/mol. The summed E-state index contributed by atoms with van der Waals surface area (Å²) in [5.41, 5.74) is 1.31. The number of ketones is 1. The van der Waals surface area contributed by atoms with Crippen LogP contribution in [0.5, 0.6) is 0 Å². The molecule has 0 unspecified atom stereocenters. The zero-order valence-electron chi connectivity index (χ0n) is 9.95. The molecule has 0 aliphatic rings. The van der Waals surface area contributed by atoms with Gasteiger partial charge >= 0.3 is 0 Å². The van der Waals surface area contributed by atoms with Crippen molar-refractivity contribution in [3.8, 4) is 0 Å². The summed E-state index contributed by atoms with van der Waals surface area (Å²) in [6, 6.07) is 5.51. The van der Waals surface area contributed by atoms with Crippen molar-refractivity contribution in [2.45, 2.75) is 0 Å². The molecule has 2 heterocycles.